The second-order valence-corrected chi connectivity index (χ2v) is 10.9. The minimum absolute atomic E-state index is 0.320. The summed E-state index contributed by atoms with van der Waals surface area (Å²) in [4.78, 5) is 0. The highest BCUT2D eigenvalue weighted by atomic mass is 28.3. The molecule has 0 aromatic carbocycles. The summed E-state index contributed by atoms with van der Waals surface area (Å²) in [7, 11) is -1.55. The van der Waals surface area contributed by atoms with Gasteiger partial charge in [0.05, 0.1) is 6.20 Å². The van der Waals surface area contributed by atoms with Gasteiger partial charge in [0.2, 0.25) is 0 Å². The van der Waals surface area contributed by atoms with E-state index in [1.54, 1.807) is 6.20 Å². The normalized spacial score (nSPS) is 14.8. The van der Waals surface area contributed by atoms with Crippen LogP contribution in [0.1, 0.15) is 26.3 Å². The molecule has 3 heteroatoms. The molecule has 0 bridgehead atoms. The zero-order valence-electron chi connectivity index (χ0n) is 10.7. The summed E-state index contributed by atoms with van der Waals surface area (Å²) < 4.78 is 2.40. The molecule has 0 saturated carbocycles. The van der Waals surface area contributed by atoms with E-state index in [-0.39, 0.29) is 0 Å². The molecule has 2 rings (SSSR count). The van der Waals surface area contributed by atoms with Crippen molar-refractivity contribution in [1.29, 1.82) is 0 Å². The van der Waals surface area contributed by atoms with E-state index in [0.29, 0.717) is 5.04 Å². The fraction of sp³-hybridized carbons (Fsp3) is 0.462. The maximum Gasteiger partial charge on any atom is 0.163 e. The zero-order chi connectivity index (χ0) is 12.0. The van der Waals surface area contributed by atoms with Crippen molar-refractivity contribution in [3.8, 4) is 0 Å². The summed E-state index contributed by atoms with van der Waals surface area (Å²) >= 11 is 0. The monoisotopic (exact) mass is 231 g/mol. The number of fused-ring (bicyclic) bond motifs is 1. The maximum absolute atomic E-state index is 4.46. The van der Waals surface area contributed by atoms with E-state index in [0.717, 1.165) is 5.82 Å². The summed E-state index contributed by atoms with van der Waals surface area (Å²) in [5.74, 6) is 1.10. The first kappa shape index (κ1) is 11.3. The van der Waals surface area contributed by atoms with Crippen LogP contribution in [-0.4, -0.2) is 12.5 Å². The summed E-state index contributed by atoms with van der Waals surface area (Å²) in [6.45, 7) is 11.7. The van der Waals surface area contributed by atoms with Gasteiger partial charge in [0.1, 0.15) is 5.82 Å². The summed E-state index contributed by atoms with van der Waals surface area (Å²) in [5, 5.41) is 4.78. The first-order valence-corrected chi connectivity index (χ1v) is 8.62. The van der Waals surface area contributed by atoms with E-state index < -0.39 is 8.24 Å². The number of rotatable bonds is 1. The lowest BCUT2D eigenvalue weighted by Crippen LogP contribution is -2.45. The van der Waals surface area contributed by atoms with Crippen LogP contribution in [0.3, 0.4) is 0 Å². The van der Waals surface area contributed by atoms with Gasteiger partial charge in [0.15, 0.2) is 8.24 Å². The van der Waals surface area contributed by atoms with Crippen LogP contribution in [-0.2, 0) is 0 Å². The van der Waals surface area contributed by atoms with Gasteiger partial charge in [-0.3, -0.25) is 0 Å². The molecule has 1 aliphatic rings. The first-order chi connectivity index (χ1) is 7.34. The summed E-state index contributed by atoms with van der Waals surface area (Å²) in [6, 6.07) is 2.14. The topological polar surface area (TPSA) is 19.0 Å². The van der Waals surface area contributed by atoms with Gasteiger partial charge >= 0.3 is 0 Å². The second-order valence-electron chi connectivity index (χ2n) is 5.84. The fourth-order valence-corrected chi connectivity index (χ4v) is 3.61. The predicted octanol–water partition coefficient (Wildman–Crippen LogP) is 3.72. The van der Waals surface area contributed by atoms with E-state index >= 15 is 0 Å². The molecule has 0 fully saturated rings. The molecule has 1 aliphatic heterocycles. The molecular weight excluding hydrogens is 212 g/mol. The van der Waals surface area contributed by atoms with Gasteiger partial charge < -0.3 is 4.23 Å². The van der Waals surface area contributed by atoms with Gasteiger partial charge in [0, 0.05) is 5.56 Å². The number of hydrogen-bond donors (Lipinski definition) is 0. The smallest absolute Gasteiger partial charge is 0.163 e. The molecule has 1 aromatic heterocycles. The maximum atomic E-state index is 4.46. The Labute approximate surface area is 98.8 Å². The Kier molecular flexibility index (Phi) is 2.41. The minimum atomic E-state index is -1.55. The third-order valence-corrected chi connectivity index (χ3v) is 9.06. The Morgan fingerprint density at radius 2 is 2.00 bits per heavy atom. The van der Waals surface area contributed by atoms with Gasteiger partial charge in [-0.05, 0) is 23.4 Å². The third-order valence-electron chi connectivity index (χ3n) is 3.83. The van der Waals surface area contributed by atoms with Gasteiger partial charge in [-0.2, -0.15) is 0 Å². The largest absolute Gasteiger partial charge is 0.359 e. The lowest BCUT2D eigenvalue weighted by Gasteiger charge is -2.38. The Bertz CT molecular complexity index is 469. The Balaban J connectivity index is 2.51. The molecule has 16 heavy (non-hydrogen) atoms. The molecule has 2 heterocycles. The lowest BCUT2D eigenvalue weighted by molar-refractivity contribution is 0.698. The van der Waals surface area contributed by atoms with Crippen molar-refractivity contribution in [3.63, 3.8) is 0 Å². The van der Waals surface area contributed by atoms with Gasteiger partial charge in [-0.25, -0.2) is 5.32 Å². The van der Waals surface area contributed by atoms with Crippen molar-refractivity contribution in [2.45, 2.75) is 38.9 Å². The second kappa shape index (κ2) is 3.41. The molecule has 1 radical (unpaired) electrons. The first-order valence-electron chi connectivity index (χ1n) is 5.68. The number of nitrogens with zero attached hydrogens (tertiary/aromatic N) is 2. The van der Waals surface area contributed by atoms with Gasteiger partial charge in [-0.1, -0.05) is 39.6 Å². The standard InChI is InChI=1S/C13H19N2Si/c1-13(2,3)16(4,5)15-10-8-11-7-6-9-14-12(11)15/h7-10H,1-5H3. The molecule has 2 nitrogen and oxygen atoms in total. The highest BCUT2D eigenvalue weighted by Gasteiger charge is 2.39. The summed E-state index contributed by atoms with van der Waals surface area (Å²) in [6.07, 6.45) is 5.95. The van der Waals surface area contributed by atoms with Crippen LogP contribution in [0.5, 0.6) is 0 Å². The van der Waals surface area contributed by atoms with Crippen LogP contribution in [0.2, 0.25) is 18.1 Å². The molecule has 0 N–H and O–H groups in total. The van der Waals surface area contributed by atoms with Crippen LogP contribution >= 0.6 is 0 Å². The molecular formula is C13H19N2Si. The Hall–Kier alpha value is -1.18. The van der Waals surface area contributed by atoms with E-state index in [9.17, 15) is 0 Å². The van der Waals surface area contributed by atoms with Crippen molar-refractivity contribution in [2.24, 2.45) is 0 Å². The fourth-order valence-electron chi connectivity index (χ4n) is 1.73. The average Bonchev–Trinajstić information content (AvgIpc) is 2.59. The van der Waals surface area contributed by atoms with Gasteiger partial charge in [0.25, 0.3) is 0 Å². The minimum Gasteiger partial charge on any atom is -0.359 e. The molecule has 0 saturated heterocycles. The average molecular weight is 231 g/mol. The van der Waals surface area contributed by atoms with Crippen molar-refractivity contribution in [2.75, 3.05) is 0 Å². The molecule has 0 atom stereocenters. The van der Waals surface area contributed by atoms with E-state index in [2.05, 4.69) is 61.4 Å². The third kappa shape index (κ3) is 1.57. The number of aromatic nitrogens is 1. The quantitative estimate of drug-likeness (QED) is 0.518. The Morgan fingerprint density at radius 1 is 1.31 bits per heavy atom. The SMILES string of the molecule is CC(C)(C)[Si](C)(C)n1ccc2c1[N]C=C=C2. The van der Waals surface area contributed by atoms with E-state index in [1.807, 2.05) is 6.08 Å². The van der Waals surface area contributed by atoms with Crippen molar-refractivity contribution in [1.82, 2.24) is 9.55 Å². The van der Waals surface area contributed by atoms with E-state index in [4.69, 9.17) is 0 Å². The van der Waals surface area contributed by atoms with Crippen molar-refractivity contribution < 1.29 is 0 Å². The Morgan fingerprint density at radius 3 is 2.62 bits per heavy atom. The van der Waals surface area contributed by atoms with Crippen molar-refractivity contribution >= 4 is 20.1 Å². The molecule has 0 spiro atoms. The van der Waals surface area contributed by atoms with Crippen LogP contribution < -0.4 is 5.32 Å². The summed E-state index contributed by atoms with van der Waals surface area (Å²) in [5.41, 5.74) is 4.22. The van der Waals surface area contributed by atoms with Gasteiger partial charge in [-0.15, -0.1) is 0 Å². The molecule has 85 valence electrons. The molecule has 0 amide bonds. The van der Waals surface area contributed by atoms with Crippen LogP contribution in [0.25, 0.3) is 6.08 Å². The lowest BCUT2D eigenvalue weighted by atomic mass is 10.2. The molecule has 0 unspecified atom stereocenters. The van der Waals surface area contributed by atoms with Crippen LogP contribution in [0, 0.1) is 0 Å². The molecule has 1 aromatic rings. The predicted molar refractivity (Wildman–Crippen MR) is 71.4 cm³/mol. The van der Waals surface area contributed by atoms with Crippen LogP contribution in [0.15, 0.2) is 24.2 Å². The highest BCUT2D eigenvalue weighted by Crippen LogP contribution is 2.40. The number of hydrogen-bond acceptors (Lipinski definition) is 0. The van der Waals surface area contributed by atoms with E-state index in [1.165, 1.54) is 5.56 Å². The van der Waals surface area contributed by atoms with Crippen LogP contribution in [0.4, 0.5) is 5.82 Å². The molecule has 0 aliphatic carbocycles. The van der Waals surface area contributed by atoms with Crippen molar-refractivity contribution in [3.05, 3.63) is 29.8 Å². The zero-order valence-corrected chi connectivity index (χ0v) is 11.7. The highest BCUT2D eigenvalue weighted by molar-refractivity contribution is 6.79.